The lowest BCUT2D eigenvalue weighted by atomic mass is 10.1. The lowest BCUT2D eigenvalue weighted by Gasteiger charge is -2.29. The van der Waals surface area contributed by atoms with Crippen molar-refractivity contribution in [3.05, 3.63) is 0 Å². The molecule has 34 heavy (non-hydrogen) atoms. The molecule has 1 fully saturated rings. The zero-order chi connectivity index (χ0) is 26.0. The van der Waals surface area contributed by atoms with E-state index in [-0.39, 0.29) is 25.8 Å². The second kappa shape index (κ2) is 13.1. The van der Waals surface area contributed by atoms with Crippen molar-refractivity contribution < 1.29 is 48.9 Å². The molecule has 1 aliphatic heterocycles. The van der Waals surface area contributed by atoms with E-state index in [2.05, 4.69) is 10.6 Å². The van der Waals surface area contributed by atoms with Gasteiger partial charge in [0.15, 0.2) is 0 Å². The summed E-state index contributed by atoms with van der Waals surface area (Å²) in [6.07, 6.45) is -1.57. The molecule has 0 spiro atoms. The first-order chi connectivity index (χ1) is 15.8. The molecule has 0 aromatic rings. The minimum atomic E-state index is -1.49. The summed E-state index contributed by atoms with van der Waals surface area (Å²) in [7, 11) is 0. The van der Waals surface area contributed by atoms with Gasteiger partial charge in [0.05, 0.1) is 12.5 Å². The number of aliphatic carboxylic acids is 3. The summed E-state index contributed by atoms with van der Waals surface area (Å²) < 4.78 is 0. The van der Waals surface area contributed by atoms with E-state index in [0.717, 1.165) is 4.90 Å². The molecule has 4 amide bonds. The number of amides is 4. The minimum absolute atomic E-state index is 0.0694. The van der Waals surface area contributed by atoms with Crippen LogP contribution in [0.15, 0.2) is 0 Å². The van der Waals surface area contributed by atoms with Gasteiger partial charge in [-0.3, -0.25) is 28.8 Å². The number of nitrogens with two attached hydrogens (primary N) is 2. The monoisotopic (exact) mass is 487 g/mol. The van der Waals surface area contributed by atoms with Gasteiger partial charge in [0.1, 0.15) is 18.1 Å². The van der Waals surface area contributed by atoms with Crippen molar-refractivity contribution in [3.8, 4) is 0 Å². The van der Waals surface area contributed by atoms with Gasteiger partial charge < -0.3 is 42.3 Å². The molecule has 4 unspecified atom stereocenters. The fourth-order valence-corrected chi connectivity index (χ4v) is 3.39. The predicted molar refractivity (Wildman–Crippen MR) is 112 cm³/mol. The topological polar surface area (TPSA) is 260 Å². The Balaban J connectivity index is 2.93. The molecule has 0 saturated carbocycles. The molecule has 0 aromatic carbocycles. The first-order valence-corrected chi connectivity index (χ1v) is 10.4. The van der Waals surface area contributed by atoms with Crippen LogP contribution >= 0.6 is 0 Å². The summed E-state index contributed by atoms with van der Waals surface area (Å²) in [5, 5.41) is 31.2. The van der Waals surface area contributed by atoms with Gasteiger partial charge in [-0.25, -0.2) is 4.79 Å². The fourth-order valence-electron chi connectivity index (χ4n) is 3.39. The van der Waals surface area contributed by atoms with E-state index in [1.165, 1.54) is 0 Å². The number of nitrogens with one attached hydrogen (secondary N) is 2. The number of carboxylic acid groups (broad SMARTS) is 3. The van der Waals surface area contributed by atoms with Gasteiger partial charge in [0.25, 0.3) is 0 Å². The standard InChI is InChI=1S/C19H29N5O10/c20-9(3-5-14(26)27)16(30)23-11(8-13(21)25)18(32)24-7-1-2-12(24)17(31)22-10(19(33)34)4-6-15(28)29/h9-12H,1-8,20H2,(H2,21,25)(H,22,31)(H,23,30)(H,26,27)(H,28,29)(H,33,34). The molecule has 190 valence electrons. The molecule has 1 rings (SSSR count). The molecule has 0 aromatic heterocycles. The number of primary amides is 1. The van der Waals surface area contributed by atoms with Crippen molar-refractivity contribution >= 4 is 41.5 Å². The van der Waals surface area contributed by atoms with Crippen LogP contribution in [0.25, 0.3) is 0 Å². The highest BCUT2D eigenvalue weighted by molar-refractivity contribution is 5.96. The number of rotatable bonds is 14. The third kappa shape index (κ3) is 9.01. The van der Waals surface area contributed by atoms with Crippen molar-refractivity contribution in [2.24, 2.45) is 11.5 Å². The number of hydrogen-bond acceptors (Lipinski definition) is 8. The molecule has 0 aliphatic carbocycles. The number of hydrogen-bond donors (Lipinski definition) is 7. The molecule has 0 radical (unpaired) electrons. The number of nitrogens with zero attached hydrogens (tertiary/aromatic N) is 1. The van der Waals surface area contributed by atoms with Crippen molar-refractivity contribution in [3.63, 3.8) is 0 Å². The third-order valence-electron chi connectivity index (χ3n) is 5.13. The van der Waals surface area contributed by atoms with Crippen LogP contribution in [0.1, 0.15) is 44.9 Å². The molecular formula is C19H29N5O10. The Morgan fingerprint density at radius 3 is 2.03 bits per heavy atom. The van der Waals surface area contributed by atoms with Gasteiger partial charge in [0.2, 0.25) is 23.6 Å². The molecule has 4 atom stereocenters. The SMILES string of the molecule is NC(=O)CC(NC(=O)C(N)CCC(=O)O)C(=O)N1CCCC1C(=O)NC(CCC(=O)O)C(=O)O. The maximum atomic E-state index is 13.0. The smallest absolute Gasteiger partial charge is 0.326 e. The normalized spacial score (nSPS) is 17.8. The van der Waals surface area contributed by atoms with Crippen LogP contribution in [0.3, 0.4) is 0 Å². The molecule has 9 N–H and O–H groups in total. The molecule has 1 aliphatic rings. The number of carboxylic acids is 3. The number of likely N-dealkylation sites (tertiary alicyclic amines) is 1. The highest BCUT2D eigenvalue weighted by Crippen LogP contribution is 2.20. The number of carbonyl (C=O) groups is 7. The van der Waals surface area contributed by atoms with Crippen LogP contribution < -0.4 is 22.1 Å². The van der Waals surface area contributed by atoms with Gasteiger partial charge in [-0.05, 0) is 25.7 Å². The van der Waals surface area contributed by atoms with E-state index >= 15 is 0 Å². The summed E-state index contributed by atoms with van der Waals surface area (Å²) in [6.45, 7) is 0.0694. The zero-order valence-corrected chi connectivity index (χ0v) is 18.3. The van der Waals surface area contributed by atoms with Crippen LogP contribution in [0.5, 0.6) is 0 Å². The molecular weight excluding hydrogens is 458 g/mol. The van der Waals surface area contributed by atoms with Crippen molar-refractivity contribution in [2.75, 3.05) is 6.54 Å². The Bertz CT molecular complexity index is 832. The van der Waals surface area contributed by atoms with Gasteiger partial charge in [-0.15, -0.1) is 0 Å². The Morgan fingerprint density at radius 1 is 0.912 bits per heavy atom. The van der Waals surface area contributed by atoms with Crippen LogP contribution in [-0.4, -0.2) is 92.5 Å². The van der Waals surface area contributed by atoms with Crippen LogP contribution in [-0.2, 0) is 33.6 Å². The predicted octanol–water partition coefficient (Wildman–Crippen LogP) is -3.04. The Morgan fingerprint density at radius 2 is 1.50 bits per heavy atom. The summed E-state index contributed by atoms with van der Waals surface area (Å²) >= 11 is 0. The quantitative estimate of drug-likeness (QED) is 0.129. The van der Waals surface area contributed by atoms with Crippen molar-refractivity contribution in [1.82, 2.24) is 15.5 Å². The summed E-state index contributed by atoms with van der Waals surface area (Å²) in [4.78, 5) is 83.3. The van der Waals surface area contributed by atoms with Crippen LogP contribution in [0, 0.1) is 0 Å². The van der Waals surface area contributed by atoms with E-state index in [4.69, 9.17) is 21.7 Å². The van der Waals surface area contributed by atoms with E-state index < -0.39 is 85.0 Å². The maximum Gasteiger partial charge on any atom is 0.326 e. The Hall–Kier alpha value is -3.75. The summed E-state index contributed by atoms with van der Waals surface area (Å²) in [5.74, 6) is -7.34. The highest BCUT2D eigenvalue weighted by Gasteiger charge is 2.39. The van der Waals surface area contributed by atoms with E-state index in [9.17, 15) is 38.7 Å². The largest absolute Gasteiger partial charge is 0.481 e. The second-order valence-corrected chi connectivity index (χ2v) is 7.79. The van der Waals surface area contributed by atoms with E-state index in [1.54, 1.807) is 0 Å². The van der Waals surface area contributed by atoms with Crippen molar-refractivity contribution in [2.45, 2.75) is 69.1 Å². The molecule has 1 saturated heterocycles. The molecule has 1 heterocycles. The average Bonchev–Trinajstić information content (AvgIpc) is 3.22. The summed E-state index contributed by atoms with van der Waals surface area (Å²) in [5.41, 5.74) is 10.8. The zero-order valence-electron chi connectivity index (χ0n) is 18.3. The maximum absolute atomic E-state index is 13.0. The first-order valence-electron chi connectivity index (χ1n) is 10.4. The lowest BCUT2D eigenvalue weighted by molar-refractivity contribution is -0.146. The highest BCUT2D eigenvalue weighted by atomic mass is 16.4. The van der Waals surface area contributed by atoms with Gasteiger partial charge in [0, 0.05) is 19.4 Å². The first kappa shape index (κ1) is 28.3. The Kier molecular flexibility index (Phi) is 10.9. The Labute approximate surface area is 193 Å². The average molecular weight is 487 g/mol. The summed E-state index contributed by atoms with van der Waals surface area (Å²) in [6, 6.07) is -5.36. The third-order valence-corrected chi connectivity index (χ3v) is 5.13. The van der Waals surface area contributed by atoms with Crippen molar-refractivity contribution in [1.29, 1.82) is 0 Å². The van der Waals surface area contributed by atoms with Crippen LogP contribution in [0.2, 0.25) is 0 Å². The minimum Gasteiger partial charge on any atom is -0.481 e. The lowest BCUT2D eigenvalue weighted by Crippen LogP contribution is -2.57. The van der Waals surface area contributed by atoms with Gasteiger partial charge in [-0.1, -0.05) is 0 Å². The van der Waals surface area contributed by atoms with Crippen LogP contribution in [0.4, 0.5) is 0 Å². The van der Waals surface area contributed by atoms with E-state index in [0.29, 0.717) is 6.42 Å². The van der Waals surface area contributed by atoms with Gasteiger partial charge >= 0.3 is 17.9 Å². The molecule has 15 nitrogen and oxygen atoms in total. The number of carbonyl (C=O) groups excluding carboxylic acids is 4. The molecule has 15 heteroatoms. The van der Waals surface area contributed by atoms with Gasteiger partial charge in [-0.2, -0.15) is 0 Å². The van der Waals surface area contributed by atoms with E-state index in [1.807, 2.05) is 0 Å². The molecule has 0 bridgehead atoms. The fraction of sp³-hybridized carbons (Fsp3) is 0.632. The second-order valence-electron chi connectivity index (χ2n) is 7.79.